The predicted octanol–water partition coefficient (Wildman–Crippen LogP) is 4.33. The lowest BCUT2D eigenvalue weighted by molar-refractivity contribution is 0.101. The van der Waals surface area contributed by atoms with Gasteiger partial charge in [0.1, 0.15) is 11.3 Å². The van der Waals surface area contributed by atoms with Crippen LogP contribution in [0.2, 0.25) is 0 Å². The third-order valence-corrected chi connectivity index (χ3v) is 2.89. The number of carbonyl (C=O) groups is 1. The molecule has 0 saturated heterocycles. The molecule has 0 bridgehead atoms. The molecule has 0 saturated carbocycles. The van der Waals surface area contributed by atoms with Gasteiger partial charge in [0.25, 0.3) is 5.91 Å². The van der Waals surface area contributed by atoms with Crippen molar-refractivity contribution in [1.82, 2.24) is 0 Å². The van der Waals surface area contributed by atoms with E-state index in [4.69, 9.17) is 0 Å². The first-order valence-electron chi connectivity index (χ1n) is 5.84. The van der Waals surface area contributed by atoms with Crippen LogP contribution in [-0.4, -0.2) is 5.91 Å². The van der Waals surface area contributed by atoms with Gasteiger partial charge >= 0.3 is 0 Å². The summed E-state index contributed by atoms with van der Waals surface area (Å²) in [6.07, 6.45) is 0. The van der Waals surface area contributed by atoms with Gasteiger partial charge in [-0.1, -0.05) is 0 Å². The number of amides is 1. The second-order valence-corrected chi connectivity index (χ2v) is 4.34. The average molecular weight is 377 g/mol. The van der Waals surface area contributed by atoms with Crippen LogP contribution in [0.3, 0.4) is 0 Å². The number of hydrogen-bond donors (Lipinski definition) is 1. The highest BCUT2D eigenvalue weighted by atomic mass is 19.2. The molecule has 0 heterocycles. The summed E-state index contributed by atoms with van der Waals surface area (Å²) in [4.78, 5) is 11.6. The molecule has 2 aromatic rings. The highest BCUT2D eigenvalue weighted by Crippen LogP contribution is 2.29. The summed E-state index contributed by atoms with van der Waals surface area (Å²) in [5.41, 5.74) is -4.22. The Bertz CT molecular complexity index is 853. The Morgan fingerprint density at radius 3 is 1.12 bits per heavy atom. The topological polar surface area (TPSA) is 29.1 Å². The van der Waals surface area contributed by atoms with Gasteiger partial charge in [-0.25, -0.2) is 43.9 Å². The monoisotopic (exact) mass is 377 g/mol. The summed E-state index contributed by atoms with van der Waals surface area (Å²) < 4.78 is 131. The van der Waals surface area contributed by atoms with Gasteiger partial charge in [-0.2, -0.15) is 0 Å². The summed E-state index contributed by atoms with van der Waals surface area (Å²) in [5.74, 6) is -28.2. The molecule has 0 atom stereocenters. The molecule has 1 amide bonds. The van der Waals surface area contributed by atoms with E-state index in [1.807, 2.05) is 0 Å². The lowest BCUT2D eigenvalue weighted by atomic mass is 10.1. The van der Waals surface area contributed by atoms with Crippen molar-refractivity contribution in [3.8, 4) is 0 Å². The van der Waals surface area contributed by atoms with Gasteiger partial charge in [0, 0.05) is 0 Å². The minimum absolute atomic E-state index is 0.888. The van der Waals surface area contributed by atoms with Crippen molar-refractivity contribution in [3.05, 3.63) is 63.7 Å². The normalized spacial score (nSPS) is 11.0. The first kappa shape index (κ1) is 18.5. The quantitative estimate of drug-likeness (QED) is 0.471. The number of carbonyl (C=O) groups excluding carboxylic acids is 1. The van der Waals surface area contributed by atoms with Crippen LogP contribution in [0.5, 0.6) is 0 Å². The van der Waals surface area contributed by atoms with Gasteiger partial charge in [0.2, 0.25) is 11.6 Å². The number of halogens is 10. The van der Waals surface area contributed by atoms with Crippen molar-refractivity contribution in [2.24, 2.45) is 0 Å². The minimum atomic E-state index is -2.64. The SMILES string of the molecule is O=C(Nc1c(F)c(F)c(F)c(F)c1F)c1c(F)c(F)c(F)c(F)c1F. The van der Waals surface area contributed by atoms with Crippen molar-refractivity contribution < 1.29 is 48.7 Å². The first-order valence-corrected chi connectivity index (χ1v) is 5.84. The smallest absolute Gasteiger partial charge is 0.262 e. The fraction of sp³-hybridized carbons (Fsp3) is 0. The van der Waals surface area contributed by atoms with Gasteiger partial charge in [0.15, 0.2) is 46.5 Å². The second kappa shape index (κ2) is 6.26. The Morgan fingerprint density at radius 1 is 0.480 bits per heavy atom. The van der Waals surface area contributed by atoms with E-state index in [0.717, 1.165) is 5.32 Å². The van der Waals surface area contributed by atoms with Crippen molar-refractivity contribution in [3.63, 3.8) is 0 Å². The molecule has 2 rings (SSSR count). The lowest BCUT2D eigenvalue weighted by Gasteiger charge is -2.11. The Hall–Kier alpha value is -2.79. The number of nitrogens with one attached hydrogen (secondary N) is 1. The molecule has 0 spiro atoms. The number of hydrogen-bond acceptors (Lipinski definition) is 1. The zero-order valence-corrected chi connectivity index (χ0v) is 11.2. The van der Waals surface area contributed by atoms with E-state index in [2.05, 4.69) is 0 Å². The number of benzene rings is 2. The van der Waals surface area contributed by atoms with Crippen LogP contribution < -0.4 is 5.32 Å². The summed E-state index contributed by atoms with van der Waals surface area (Å²) in [6, 6.07) is 0. The summed E-state index contributed by atoms with van der Waals surface area (Å²) in [6.45, 7) is 0. The van der Waals surface area contributed by atoms with E-state index >= 15 is 0 Å². The molecule has 0 aliphatic heterocycles. The summed E-state index contributed by atoms with van der Waals surface area (Å²) in [7, 11) is 0. The van der Waals surface area contributed by atoms with Gasteiger partial charge < -0.3 is 5.32 Å². The molecule has 0 aliphatic carbocycles. The van der Waals surface area contributed by atoms with Gasteiger partial charge in [-0.3, -0.25) is 4.79 Å². The molecule has 0 fully saturated rings. The zero-order valence-electron chi connectivity index (χ0n) is 11.2. The molecule has 12 heteroatoms. The average Bonchev–Trinajstić information content (AvgIpc) is 2.58. The molecule has 0 radical (unpaired) electrons. The molecule has 2 aromatic carbocycles. The molecule has 0 aliphatic rings. The van der Waals surface area contributed by atoms with Crippen LogP contribution >= 0.6 is 0 Å². The van der Waals surface area contributed by atoms with E-state index in [1.54, 1.807) is 0 Å². The van der Waals surface area contributed by atoms with Crippen molar-refractivity contribution in [1.29, 1.82) is 0 Å². The highest BCUT2D eigenvalue weighted by Gasteiger charge is 2.32. The van der Waals surface area contributed by atoms with E-state index in [1.165, 1.54) is 0 Å². The third-order valence-electron chi connectivity index (χ3n) is 2.89. The first-order chi connectivity index (χ1) is 11.5. The van der Waals surface area contributed by atoms with Crippen molar-refractivity contribution in [2.45, 2.75) is 0 Å². The maximum absolute atomic E-state index is 13.4. The van der Waals surface area contributed by atoms with Crippen LogP contribution in [0.15, 0.2) is 0 Å². The minimum Gasteiger partial charge on any atom is -0.317 e. The van der Waals surface area contributed by atoms with Crippen LogP contribution in [0, 0.1) is 58.2 Å². The van der Waals surface area contributed by atoms with E-state index in [0.29, 0.717) is 0 Å². The molecule has 1 N–H and O–H groups in total. The maximum Gasteiger partial charge on any atom is 0.262 e. The summed E-state index contributed by atoms with van der Waals surface area (Å²) in [5, 5.41) is 0.888. The summed E-state index contributed by atoms with van der Waals surface area (Å²) >= 11 is 0. The Morgan fingerprint density at radius 2 is 0.760 bits per heavy atom. The highest BCUT2D eigenvalue weighted by molar-refractivity contribution is 6.04. The van der Waals surface area contributed by atoms with Gasteiger partial charge in [-0.15, -0.1) is 0 Å². The Balaban J connectivity index is 2.61. The Labute approximate surface area is 130 Å². The molecular formula is C13HF10NO. The van der Waals surface area contributed by atoms with Crippen LogP contribution in [-0.2, 0) is 0 Å². The standard InChI is InChI=1S/C13HF10NO/c14-2-1(3(15)5(17)6(18)4(2)16)13(25)24-12-10(22)8(20)7(19)9(21)11(12)23/h(H,24,25). The predicted molar refractivity (Wildman–Crippen MR) is 60.4 cm³/mol. The van der Waals surface area contributed by atoms with Crippen molar-refractivity contribution in [2.75, 3.05) is 5.32 Å². The maximum atomic E-state index is 13.4. The van der Waals surface area contributed by atoms with Crippen LogP contribution in [0.25, 0.3) is 0 Å². The fourth-order valence-electron chi connectivity index (χ4n) is 1.69. The third kappa shape index (κ3) is 2.76. The van der Waals surface area contributed by atoms with Crippen LogP contribution in [0.1, 0.15) is 10.4 Å². The largest absolute Gasteiger partial charge is 0.317 e. The number of rotatable bonds is 2. The number of anilines is 1. The molecular weight excluding hydrogens is 376 g/mol. The van der Waals surface area contributed by atoms with E-state index in [9.17, 15) is 48.7 Å². The Kier molecular flexibility index (Phi) is 4.64. The van der Waals surface area contributed by atoms with E-state index in [-0.39, 0.29) is 0 Å². The van der Waals surface area contributed by atoms with E-state index < -0.39 is 75.3 Å². The fourth-order valence-corrected chi connectivity index (χ4v) is 1.69. The lowest BCUT2D eigenvalue weighted by Crippen LogP contribution is -2.21. The van der Waals surface area contributed by atoms with Crippen LogP contribution in [0.4, 0.5) is 49.6 Å². The van der Waals surface area contributed by atoms with Gasteiger partial charge in [-0.05, 0) is 0 Å². The molecule has 0 aromatic heterocycles. The zero-order chi connectivity index (χ0) is 19.2. The molecule has 2 nitrogen and oxygen atoms in total. The van der Waals surface area contributed by atoms with Crippen molar-refractivity contribution >= 4 is 11.6 Å². The molecule has 25 heavy (non-hydrogen) atoms. The van der Waals surface area contributed by atoms with Gasteiger partial charge in [0.05, 0.1) is 0 Å². The second-order valence-electron chi connectivity index (χ2n) is 4.34. The molecule has 0 unspecified atom stereocenters. The molecule has 134 valence electrons.